The number of anilines is 1. The van der Waals surface area contributed by atoms with E-state index in [0.29, 0.717) is 16.9 Å². The molecule has 3 aliphatic rings. The van der Waals surface area contributed by atoms with Gasteiger partial charge in [-0.1, -0.05) is 18.2 Å². The van der Waals surface area contributed by atoms with Crippen molar-refractivity contribution in [1.82, 2.24) is 13.9 Å². The number of carbonyl (C=O) groups is 2. The number of amides is 2. The summed E-state index contributed by atoms with van der Waals surface area (Å²) in [5.74, 6) is -2.68. The predicted octanol–water partition coefficient (Wildman–Crippen LogP) is 2.06. The lowest BCUT2D eigenvalue weighted by molar-refractivity contribution is -0.122. The molecule has 0 unspecified atom stereocenters. The predicted molar refractivity (Wildman–Crippen MR) is 143 cm³/mol. The summed E-state index contributed by atoms with van der Waals surface area (Å²) in [6, 6.07) is 10.6. The van der Waals surface area contributed by atoms with Crippen molar-refractivity contribution in [3.05, 3.63) is 92.5 Å². The normalized spacial score (nSPS) is 27.2. The van der Waals surface area contributed by atoms with E-state index < -0.39 is 50.7 Å². The van der Waals surface area contributed by atoms with Crippen molar-refractivity contribution in [2.45, 2.75) is 34.7 Å². The molecule has 0 spiro atoms. The van der Waals surface area contributed by atoms with E-state index in [1.54, 1.807) is 30.3 Å². The zero-order valence-corrected chi connectivity index (χ0v) is 22.6. The summed E-state index contributed by atoms with van der Waals surface area (Å²) in [5.41, 5.74) is 0.0549. The van der Waals surface area contributed by atoms with Crippen molar-refractivity contribution in [2.24, 2.45) is 7.05 Å². The fourth-order valence-electron chi connectivity index (χ4n) is 6.06. The number of rotatable bonds is 5. The van der Waals surface area contributed by atoms with Crippen LogP contribution in [0.25, 0.3) is 0 Å². The van der Waals surface area contributed by atoms with Crippen LogP contribution in [0.4, 0.5) is 10.1 Å². The standard InChI is InChI=1S/C27H23Cl2FN4O6/c1-31-24(38)32-11-10-19-20(34(32)25(31)39)14-26(28)22(36)33(17-6-4-16(30)5-7-17)23(37)27(26,29)21(19)15-2-8-18(9-3-15)40-13-12-35/h2-10,20-21,35H,11-14H2,1H3/t20-,21+,26-,27+/m1/s1. The van der Waals surface area contributed by atoms with Crippen molar-refractivity contribution < 1.29 is 23.8 Å². The third kappa shape index (κ3) is 3.44. The molecule has 4 atom stereocenters. The minimum atomic E-state index is -2.04. The summed E-state index contributed by atoms with van der Waals surface area (Å²) in [6.07, 6.45) is 1.50. The van der Waals surface area contributed by atoms with Gasteiger partial charge in [0.15, 0.2) is 9.75 Å². The van der Waals surface area contributed by atoms with Gasteiger partial charge in [-0.15, -0.1) is 23.2 Å². The summed E-state index contributed by atoms with van der Waals surface area (Å²) in [5, 5.41) is 9.08. The van der Waals surface area contributed by atoms with Gasteiger partial charge in [0.25, 0.3) is 11.8 Å². The molecule has 1 N–H and O–H groups in total. The zero-order valence-electron chi connectivity index (χ0n) is 21.1. The molecule has 1 aromatic heterocycles. The van der Waals surface area contributed by atoms with Gasteiger partial charge >= 0.3 is 11.4 Å². The van der Waals surface area contributed by atoms with Crippen LogP contribution in [0.1, 0.15) is 23.9 Å². The van der Waals surface area contributed by atoms with Crippen LogP contribution in [0.15, 0.2) is 69.8 Å². The number of carbonyl (C=O) groups excluding carboxylic acids is 2. The van der Waals surface area contributed by atoms with Crippen molar-refractivity contribution in [3.63, 3.8) is 0 Å². The molecule has 2 aromatic carbocycles. The lowest BCUT2D eigenvalue weighted by Gasteiger charge is -2.49. The van der Waals surface area contributed by atoms with Gasteiger partial charge in [0.1, 0.15) is 18.2 Å². The van der Waals surface area contributed by atoms with E-state index >= 15 is 0 Å². The maximum absolute atomic E-state index is 14.2. The molecule has 1 saturated heterocycles. The third-order valence-electron chi connectivity index (χ3n) is 7.93. The highest BCUT2D eigenvalue weighted by Gasteiger charge is 2.75. The van der Waals surface area contributed by atoms with Gasteiger partial charge in [-0.3, -0.25) is 9.59 Å². The van der Waals surface area contributed by atoms with Gasteiger partial charge in [-0.05, 0) is 47.5 Å². The molecule has 3 aromatic rings. The number of ether oxygens (including phenoxy) is 1. The second-order valence-electron chi connectivity index (χ2n) is 9.98. The second-order valence-corrected chi connectivity index (χ2v) is 11.2. The monoisotopic (exact) mass is 588 g/mol. The first-order valence-electron chi connectivity index (χ1n) is 12.5. The fraction of sp³-hybridized carbons (Fsp3) is 0.333. The number of imide groups is 1. The summed E-state index contributed by atoms with van der Waals surface area (Å²) >= 11 is 14.5. The van der Waals surface area contributed by atoms with Crippen molar-refractivity contribution in [2.75, 3.05) is 18.1 Å². The third-order valence-corrected chi connectivity index (χ3v) is 9.34. The Morgan fingerprint density at radius 1 is 1.00 bits per heavy atom. The maximum atomic E-state index is 14.2. The number of aromatic nitrogens is 3. The van der Waals surface area contributed by atoms with Crippen LogP contribution in [-0.4, -0.2) is 53.8 Å². The fourth-order valence-corrected chi connectivity index (χ4v) is 6.98. The molecule has 208 valence electrons. The molecular formula is C27H23Cl2FN4O6. The lowest BCUT2D eigenvalue weighted by Crippen LogP contribution is -2.59. The van der Waals surface area contributed by atoms with Crippen molar-refractivity contribution in [3.8, 4) is 5.75 Å². The van der Waals surface area contributed by atoms with Crippen LogP contribution in [0.5, 0.6) is 5.75 Å². The molecule has 10 nitrogen and oxygen atoms in total. The SMILES string of the molecule is Cn1c(=O)n2n(c1=O)[C@@H]1C[C@@]3(Cl)C(=O)N(c4ccc(F)cc4)C(=O)[C@@]3(Cl)[C@@H](c3ccc(OCCO)cc3)C1=CC2. The number of aliphatic hydroxyl groups is 1. The van der Waals surface area contributed by atoms with E-state index in [4.69, 9.17) is 33.0 Å². The Labute approximate surface area is 236 Å². The summed E-state index contributed by atoms with van der Waals surface area (Å²) in [6.45, 7) is -0.0584. The Morgan fingerprint density at radius 3 is 2.33 bits per heavy atom. The van der Waals surface area contributed by atoms with Crippen LogP contribution in [0.2, 0.25) is 0 Å². The van der Waals surface area contributed by atoms with Crippen molar-refractivity contribution in [1.29, 1.82) is 0 Å². The average molecular weight is 589 g/mol. The van der Waals surface area contributed by atoms with Gasteiger partial charge in [0.05, 0.1) is 24.9 Å². The molecule has 1 saturated carbocycles. The lowest BCUT2D eigenvalue weighted by atomic mass is 9.64. The number of halogens is 3. The van der Waals surface area contributed by atoms with Crippen molar-refractivity contribution >= 4 is 40.7 Å². The maximum Gasteiger partial charge on any atom is 0.347 e. The van der Waals surface area contributed by atoms with Crippen LogP contribution < -0.4 is 21.0 Å². The highest BCUT2D eigenvalue weighted by molar-refractivity contribution is 6.58. The van der Waals surface area contributed by atoms with Crippen LogP contribution in [0, 0.1) is 5.82 Å². The summed E-state index contributed by atoms with van der Waals surface area (Å²) in [7, 11) is 1.36. The number of hydrogen-bond acceptors (Lipinski definition) is 6. The quantitative estimate of drug-likeness (QED) is 0.277. The van der Waals surface area contributed by atoms with Gasteiger partial charge in [-0.25, -0.2) is 32.8 Å². The highest BCUT2D eigenvalue weighted by Crippen LogP contribution is 2.63. The highest BCUT2D eigenvalue weighted by atomic mass is 35.5. The summed E-state index contributed by atoms with van der Waals surface area (Å²) in [4.78, 5) is 51.0. The first-order chi connectivity index (χ1) is 19.0. The van der Waals surface area contributed by atoms with E-state index in [1.165, 1.54) is 28.5 Å². The number of benzene rings is 2. The molecule has 0 bridgehead atoms. The molecule has 6 rings (SSSR count). The Kier molecular flexibility index (Phi) is 6.10. The Morgan fingerprint density at radius 2 is 1.68 bits per heavy atom. The van der Waals surface area contributed by atoms with E-state index in [1.807, 2.05) is 0 Å². The second kappa shape index (κ2) is 9.18. The molecule has 40 heavy (non-hydrogen) atoms. The van der Waals surface area contributed by atoms with Gasteiger partial charge in [0, 0.05) is 19.4 Å². The number of alkyl halides is 2. The molecule has 2 amide bonds. The molecule has 2 fully saturated rings. The Bertz CT molecular complexity index is 1700. The molecular weight excluding hydrogens is 566 g/mol. The molecule has 0 radical (unpaired) electrons. The molecule has 2 aliphatic heterocycles. The van der Waals surface area contributed by atoms with E-state index in [9.17, 15) is 23.6 Å². The van der Waals surface area contributed by atoms with E-state index in [2.05, 4.69) is 0 Å². The Hall–Kier alpha value is -3.67. The van der Waals surface area contributed by atoms with Gasteiger partial charge in [-0.2, -0.15) is 0 Å². The number of nitrogens with zero attached hydrogens (tertiary/aromatic N) is 4. The van der Waals surface area contributed by atoms with E-state index in [0.717, 1.165) is 21.6 Å². The first kappa shape index (κ1) is 26.5. The minimum absolute atomic E-state index is 0.0427. The molecule has 13 heteroatoms. The van der Waals surface area contributed by atoms with Gasteiger partial charge < -0.3 is 9.84 Å². The molecule has 1 aliphatic carbocycles. The zero-order chi connectivity index (χ0) is 28.6. The summed E-state index contributed by atoms with van der Waals surface area (Å²) < 4.78 is 22.7. The number of aliphatic hydroxyl groups excluding tert-OH is 1. The largest absolute Gasteiger partial charge is 0.491 e. The number of hydrogen-bond donors (Lipinski definition) is 1. The average Bonchev–Trinajstić information content (AvgIpc) is 3.26. The topological polar surface area (TPSA) is 116 Å². The Balaban J connectivity index is 1.56. The van der Waals surface area contributed by atoms with Crippen LogP contribution >= 0.6 is 23.2 Å². The molecule has 3 heterocycles. The van der Waals surface area contributed by atoms with E-state index in [-0.39, 0.29) is 31.9 Å². The number of allylic oxidation sites excluding steroid dienone is 2. The number of fused-ring (bicyclic) bond motifs is 4. The first-order valence-corrected chi connectivity index (χ1v) is 13.2. The van der Waals surface area contributed by atoms with Crippen LogP contribution in [-0.2, 0) is 23.2 Å². The minimum Gasteiger partial charge on any atom is -0.491 e. The van der Waals surface area contributed by atoms with Crippen LogP contribution in [0.3, 0.4) is 0 Å². The van der Waals surface area contributed by atoms with Gasteiger partial charge in [0.2, 0.25) is 0 Å². The smallest absolute Gasteiger partial charge is 0.347 e.